The molecule has 1 saturated heterocycles. The Morgan fingerprint density at radius 2 is 1.80 bits per heavy atom. The smallest absolute Gasteiger partial charge is 0.398 e. The van der Waals surface area contributed by atoms with Crippen LogP contribution in [0.25, 0.3) is 0 Å². The Labute approximate surface area is 153 Å². The van der Waals surface area contributed by atoms with Crippen LogP contribution in [0.3, 0.4) is 0 Å². The third-order valence-electron chi connectivity index (χ3n) is 5.53. The van der Waals surface area contributed by atoms with Gasteiger partial charge >= 0.3 is 7.12 Å². The van der Waals surface area contributed by atoms with Crippen LogP contribution < -0.4 is 5.59 Å². The fraction of sp³-hybridized carbons (Fsp3) is 0.833. The average Bonchev–Trinajstić information content (AvgIpc) is 3.16. The Kier molecular flexibility index (Phi) is 4.99. The molecular formula is C18H33BN2O3Si. The molecule has 3 rings (SSSR count). The van der Waals surface area contributed by atoms with Crippen molar-refractivity contribution < 1.29 is 14.0 Å². The minimum Gasteiger partial charge on any atom is -0.398 e. The van der Waals surface area contributed by atoms with Gasteiger partial charge in [-0.1, -0.05) is 19.6 Å². The van der Waals surface area contributed by atoms with Gasteiger partial charge < -0.3 is 14.0 Å². The summed E-state index contributed by atoms with van der Waals surface area (Å²) in [7, 11) is -1.46. The van der Waals surface area contributed by atoms with Crippen LogP contribution in [0.1, 0.15) is 52.1 Å². The summed E-state index contributed by atoms with van der Waals surface area (Å²) in [6.45, 7) is 16.7. The van der Waals surface area contributed by atoms with E-state index in [0.29, 0.717) is 12.6 Å². The Bertz CT molecular complexity index is 604. The van der Waals surface area contributed by atoms with E-state index in [9.17, 15) is 0 Å². The first-order valence-electron chi connectivity index (χ1n) is 9.50. The molecular weight excluding hydrogens is 331 g/mol. The normalized spacial score (nSPS) is 22.6. The third-order valence-corrected chi connectivity index (χ3v) is 7.23. The van der Waals surface area contributed by atoms with Crippen molar-refractivity contribution in [1.82, 2.24) is 9.78 Å². The largest absolute Gasteiger partial charge is 0.516 e. The molecule has 1 aromatic heterocycles. The number of hydrogen-bond acceptors (Lipinski definition) is 4. The van der Waals surface area contributed by atoms with Gasteiger partial charge in [-0.05, 0) is 52.6 Å². The molecule has 25 heavy (non-hydrogen) atoms. The predicted octanol–water partition coefficient (Wildman–Crippen LogP) is 3.37. The lowest BCUT2D eigenvalue weighted by Gasteiger charge is -2.32. The van der Waals surface area contributed by atoms with E-state index in [1.807, 2.05) is 4.68 Å². The molecule has 0 aromatic carbocycles. The molecule has 2 aliphatic rings. The quantitative estimate of drug-likeness (QED) is 0.550. The maximum atomic E-state index is 6.16. The van der Waals surface area contributed by atoms with Crippen LogP contribution in [0.5, 0.6) is 0 Å². The second-order valence-corrected chi connectivity index (χ2v) is 15.3. The molecule has 0 amide bonds. The summed E-state index contributed by atoms with van der Waals surface area (Å²) in [5.74, 6) is 0.615. The topological polar surface area (TPSA) is 45.5 Å². The van der Waals surface area contributed by atoms with Gasteiger partial charge in [-0.15, -0.1) is 0 Å². The Balaban J connectivity index is 1.68. The van der Waals surface area contributed by atoms with Gasteiger partial charge in [0, 0.05) is 26.3 Å². The SMILES string of the molecule is CC1(C)OB(c2cc(C3CC3)n(COCC[Si](C)(C)C)n2)OC1(C)C. The number of hydrogen-bond donors (Lipinski definition) is 0. The summed E-state index contributed by atoms with van der Waals surface area (Å²) in [6.07, 6.45) is 2.48. The zero-order chi connectivity index (χ0) is 18.5. The predicted molar refractivity (Wildman–Crippen MR) is 104 cm³/mol. The zero-order valence-corrected chi connectivity index (χ0v) is 17.9. The van der Waals surface area contributed by atoms with Crippen molar-refractivity contribution >= 4 is 20.8 Å². The second kappa shape index (κ2) is 6.52. The molecule has 0 atom stereocenters. The lowest BCUT2D eigenvalue weighted by molar-refractivity contribution is 0.00578. The van der Waals surface area contributed by atoms with Gasteiger partial charge in [-0.2, -0.15) is 5.10 Å². The van der Waals surface area contributed by atoms with Crippen molar-refractivity contribution in [2.75, 3.05) is 6.61 Å². The van der Waals surface area contributed by atoms with Gasteiger partial charge in [-0.3, -0.25) is 0 Å². The molecule has 1 aliphatic heterocycles. The van der Waals surface area contributed by atoms with E-state index < -0.39 is 15.2 Å². The second-order valence-electron chi connectivity index (χ2n) is 9.70. The van der Waals surface area contributed by atoms with Crippen LogP contribution in [0, 0.1) is 0 Å². The Hall–Kier alpha value is -0.628. The van der Waals surface area contributed by atoms with E-state index in [-0.39, 0.29) is 11.2 Å². The zero-order valence-electron chi connectivity index (χ0n) is 16.9. The standard InChI is InChI=1S/C18H33BN2O3Si/c1-17(2)18(3,4)24-19(23-17)16-12-15(14-8-9-14)21(20-16)13-22-10-11-25(5,6)7/h12,14H,8-11,13H2,1-7H3. The van der Waals surface area contributed by atoms with Gasteiger partial charge in [0.1, 0.15) is 6.73 Å². The summed E-state index contributed by atoms with van der Waals surface area (Å²) in [4.78, 5) is 0. The van der Waals surface area contributed by atoms with E-state index in [2.05, 4.69) is 53.4 Å². The molecule has 2 heterocycles. The molecule has 0 radical (unpaired) electrons. The van der Waals surface area contributed by atoms with Crippen molar-refractivity contribution in [3.63, 3.8) is 0 Å². The molecule has 1 aromatic rings. The molecule has 0 unspecified atom stereocenters. The summed E-state index contributed by atoms with van der Waals surface area (Å²) >= 11 is 0. The maximum absolute atomic E-state index is 6.16. The summed E-state index contributed by atoms with van der Waals surface area (Å²) < 4.78 is 20.3. The van der Waals surface area contributed by atoms with Gasteiger partial charge in [0.15, 0.2) is 0 Å². The van der Waals surface area contributed by atoms with Crippen LogP contribution in [0.15, 0.2) is 6.07 Å². The summed E-state index contributed by atoms with van der Waals surface area (Å²) in [5.41, 5.74) is 1.46. The number of ether oxygens (including phenoxy) is 1. The molecule has 140 valence electrons. The van der Waals surface area contributed by atoms with Crippen LogP contribution in [0.2, 0.25) is 25.7 Å². The summed E-state index contributed by atoms with van der Waals surface area (Å²) in [5, 5.41) is 4.77. The van der Waals surface area contributed by atoms with Gasteiger partial charge in [-0.25, -0.2) is 4.68 Å². The van der Waals surface area contributed by atoms with Crippen molar-refractivity contribution in [3.05, 3.63) is 11.8 Å². The fourth-order valence-corrected chi connectivity index (χ4v) is 3.63. The highest BCUT2D eigenvalue weighted by Crippen LogP contribution is 2.40. The lowest BCUT2D eigenvalue weighted by Crippen LogP contribution is -2.41. The minimum absolute atomic E-state index is 0.338. The minimum atomic E-state index is -1.06. The molecule has 2 fully saturated rings. The lowest BCUT2D eigenvalue weighted by atomic mass is 9.85. The van der Waals surface area contributed by atoms with Crippen molar-refractivity contribution in [1.29, 1.82) is 0 Å². The first-order chi connectivity index (χ1) is 11.5. The molecule has 7 heteroatoms. The van der Waals surface area contributed by atoms with Crippen LogP contribution in [-0.2, 0) is 20.8 Å². The van der Waals surface area contributed by atoms with Crippen molar-refractivity contribution in [2.45, 2.75) is 90.1 Å². The molecule has 0 bridgehead atoms. The van der Waals surface area contributed by atoms with Crippen LogP contribution in [0.4, 0.5) is 0 Å². The van der Waals surface area contributed by atoms with Crippen LogP contribution in [-0.4, -0.2) is 42.8 Å². The molecule has 0 spiro atoms. The fourth-order valence-electron chi connectivity index (χ4n) is 2.87. The van der Waals surface area contributed by atoms with E-state index in [4.69, 9.17) is 19.1 Å². The van der Waals surface area contributed by atoms with E-state index >= 15 is 0 Å². The molecule has 0 N–H and O–H groups in total. The monoisotopic (exact) mass is 364 g/mol. The van der Waals surface area contributed by atoms with Crippen LogP contribution >= 0.6 is 0 Å². The summed E-state index contributed by atoms with van der Waals surface area (Å²) in [6, 6.07) is 3.33. The molecule has 1 aliphatic carbocycles. The van der Waals surface area contributed by atoms with Gasteiger partial charge in [0.05, 0.1) is 16.8 Å². The van der Waals surface area contributed by atoms with Gasteiger partial charge in [0.2, 0.25) is 0 Å². The van der Waals surface area contributed by atoms with E-state index in [1.54, 1.807) is 0 Å². The van der Waals surface area contributed by atoms with Crippen molar-refractivity contribution in [3.8, 4) is 0 Å². The Morgan fingerprint density at radius 1 is 1.20 bits per heavy atom. The number of rotatable bonds is 7. The highest BCUT2D eigenvalue weighted by atomic mass is 28.3. The van der Waals surface area contributed by atoms with Crippen molar-refractivity contribution in [2.24, 2.45) is 0 Å². The van der Waals surface area contributed by atoms with E-state index in [0.717, 1.165) is 12.2 Å². The first-order valence-corrected chi connectivity index (χ1v) is 13.2. The average molecular weight is 364 g/mol. The van der Waals surface area contributed by atoms with Gasteiger partial charge in [0.25, 0.3) is 0 Å². The third kappa shape index (κ3) is 4.38. The highest BCUT2D eigenvalue weighted by molar-refractivity contribution is 6.76. The highest BCUT2D eigenvalue weighted by Gasteiger charge is 2.53. The number of aromatic nitrogens is 2. The molecule has 5 nitrogen and oxygen atoms in total. The van der Waals surface area contributed by atoms with E-state index in [1.165, 1.54) is 24.6 Å². The molecule has 1 saturated carbocycles. The Morgan fingerprint density at radius 3 is 2.32 bits per heavy atom. The number of nitrogens with zero attached hydrogens (tertiary/aromatic N) is 2. The first kappa shape index (κ1) is 19.1. The maximum Gasteiger partial charge on any atom is 0.516 e.